The van der Waals surface area contributed by atoms with Crippen molar-refractivity contribution >= 4 is 23.2 Å². The van der Waals surface area contributed by atoms with Crippen LogP contribution in [0.3, 0.4) is 0 Å². The van der Waals surface area contributed by atoms with Crippen LogP contribution in [0.15, 0.2) is 12.3 Å². The third kappa shape index (κ3) is 1.86. The summed E-state index contributed by atoms with van der Waals surface area (Å²) in [4.78, 5) is 18.2. The van der Waals surface area contributed by atoms with Gasteiger partial charge in [-0.3, -0.25) is 4.79 Å². The number of carbonyl (C=O) groups is 1. The second-order valence-corrected chi connectivity index (χ2v) is 4.93. The van der Waals surface area contributed by atoms with Crippen molar-refractivity contribution in [2.24, 2.45) is 0 Å². The Hall–Kier alpha value is -1.29. The van der Waals surface area contributed by atoms with Crippen molar-refractivity contribution in [3.8, 4) is 0 Å². The van der Waals surface area contributed by atoms with E-state index in [2.05, 4.69) is 10.3 Å². The summed E-state index contributed by atoms with van der Waals surface area (Å²) in [6, 6.07) is 1.76. The molecular formula is C12H14ClN3O. The van der Waals surface area contributed by atoms with Gasteiger partial charge in [-0.1, -0.05) is 11.6 Å². The number of nitrogens with zero attached hydrogens (tertiary/aromatic N) is 2. The van der Waals surface area contributed by atoms with Gasteiger partial charge in [-0.25, -0.2) is 4.98 Å². The maximum Gasteiger partial charge on any atom is 0.245 e. The first kappa shape index (κ1) is 10.8. The smallest absolute Gasteiger partial charge is 0.245 e. The van der Waals surface area contributed by atoms with E-state index < -0.39 is 0 Å². The van der Waals surface area contributed by atoms with E-state index in [1.165, 1.54) is 0 Å². The Balaban J connectivity index is 1.77. The molecule has 0 aromatic carbocycles. The highest BCUT2D eigenvalue weighted by atomic mass is 35.5. The number of hydrogen-bond donors (Lipinski definition) is 1. The molecule has 1 amide bonds. The first-order valence-corrected chi connectivity index (χ1v) is 6.32. The van der Waals surface area contributed by atoms with E-state index in [0.717, 1.165) is 37.2 Å². The lowest BCUT2D eigenvalue weighted by molar-refractivity contribution is -0.130. The highest BCUT2D eigenvalue weighted by Gasteiger charge is 2.32. The predicted molar refractivity (Wildman–Crippen MR) is 66.2 cm³/mol. The standard InChI is InChI=1S/C12H14ClN3O/c13-11-10-8(3-4-14-11)7-9(15-10)12(17)16-5-1-2-6-16/h3-4,9,15H,1-2,5-7H2. The summed E-state index contributed by atoms with van der Waals surface area (Å²) in [5, 5.41) is 3.65. The molecule has 1 saturated heterocycles. The third-order valence-corrected chi connectivity index (χ3v) is 3.74. The van der Waals surface area contributed by atoms with Gasteiger partial charge in [-0.05, 0) is 24.5 Å². The van der Waals surface area contributed by atoms with Crippen LogP contribution in [0, 0.1) is 0 Å². The van der Waals surface area contributed by atoms with Crippen molar-refractivity contribution in [3.05, 3.63) is 23.0 Å². The van der Waals surface area contributed by atoms with Gasteiger partial charge in [0.2, 0.25) is 5.91 Å². The number of carbonyl (C=O) groups excluding carboxylic acids is 1. The topological polar surface area (TPSA) is 45.2 Å². The van der Waals surface area contributed by atoms with E-state index >= 15 is 0 Å². The molecule has 17 heavy (non-hydrogen) atoms. The summed E-state index contributed by atoms with van der Waals surface area (Å²) in [6.45, 7) is 1.78. The number of amides is 1. The lowest BCUT2D eigenvalue weighted by Crippen LogP contribution is -2.40. The van der Waals surface area contributed by atoms with Gasteiger partial charge in [-0.15, -0.1) is 0 Å². The normalized spacial score (nSPS) is 22.4. The van der Waals surface area contributed by atoms with Gasteiger partial charge >= 0.3 is 0 Å². The van der Waals surface area contributed by atoms with Crippen LogP contribution in [-0.2, 0) is 11.2 Å². The number of halogens is 1. The number of hydrogen-bond acceptors (Lipinski definition) is 3. The van der Waals surface area contributed by atoms with E-state index in [9.17, 15) is 4.79 Å². The summed E-state index contributed by atoms with van der Waals surface area (Å²) in [5.74, 6) is 0.190. The minimum Gasteiger partial charge on any atom is -0.371 e. The summed E-state index contributed by atoms with van der Waals surface area (Å²) >= 11 is 6.00. The molecule has 1 aromatic rings. The summed E-state index contributed by atoms with van der Waals surface area (Å²) in [7, 11) is 0. The third-order valence-electron chi connectivity index (χ3n) is 3.45. The molecule has 3 heterocycles. The van der Waals surface area contributed by atoms with Crippen LogP contribution in [0.5, 0.6) is 0 Å². The molecule has 1 unspecified atom stereocenters. The molecule has 1 aromatic heterocycles. The van der Waals surface area contributed by atoms with Gasteiger partial charge in [0, 0.05) is 25.7 Å². The molecule has 0 spiro atoms. The van der Waals surface area contributed by atoms with E-state index in [4.69, 9.17) is 11.6 Å². The van der Waals surface area contributed by atoms with Crippen molar-refractivity contribution < 1.29 is 4.79 Å². The predicted octanol–water partition coefficient (Wildman–Crippen LogP) is 1.69. The van der Waals surface area contributed by atoms with Crippen LogP contribution >= 0.6 is 11.6 Å². The molecule has 1 N–H and O–H groups in total. The van der Waals surface area contributed by atoms with Crippen molar-refractivity contribution in [1.29, 1.82) is 0 Å². The second kappa shape index (κ2) is 4.18. The van der Waals surface area contributed by atoms with Crippen LogP contribution in [0.1, 0.15) is 18.4 Å². The Morgan fingerprint density at radius 3 is 2.94 bits per heavy atom. The van der Waals surface area contributed by atoms with Gasteiger partial charge < -0.3 is 10.2 Å². The van der Waals surface area contributed by atoms with E-state index in [-0.39, 0.29) is 11.9 Å². The second-order valence-electron chi connectivity index (χ2n) is 4.57. The Morgan fingerprint density at radius 1 is 1.47 bits per heavy atom. The fraction of sp³-hybridized carbons (Fsp3) is 0.500. The van der Waals surface area contributed by atoms with Crippen LogP contribution in [0.2, 0.25) is 5.15 Å². The molecular weight excluding hydrogens is 238 g/mol. The van der Waals surface area contributed by atoms with Gasteiger partial charge in [0.05, 0.1) is 5.69 Å². The van der Waals surface area contributed by atoms with Crippen molar-refractivity contribution in [2.75, 3.05) is 18.4 Å². The summed E-state index contributed by atoms with van der Waals surface area (Å²) in [6.07, 6.45) is 4.64. The highest BCUT2D eigenvalue weighted by Crippen LogP contribution is 2.31. The van der Waals surface area contributed by atoms with Crippen LogP contribution < -0.4 is 5.32 Å². The lowest BCUT2D eigenvalue weighted by Gasteiger charge is -2.20. The van der Waals surface area contributed by atoms with Gasteiger partial charge in [0.1, 0.15) is 6.04 Å². The first-order chi connectivity index (χ1) is 8.25. The molecule has 2 aliphatic rings. The van der Waals surface area contributed by atoms with Crippen molar-refractivity contribution in [2.45, 2.75) is 25.3 Å². The maximum absolute atomic E-state index is 12.2. The number of pyridine rings is 1. The average molecular weight is 252 g/mol. The number of anilines is 1. The Bertz CT molecular complexity index is 457. The quantitative estimate of drug-likeness (QED) is 0.773. The van der Waals surface area contributed by atoms with Crippen molar-refractivity contribution in [3.63, 3.8) is 0 Å². The minimum absolute atomic E-state index is 0.162. The van der Waals surface area contributed by atoms with Crippen LogP contribution in [0.4, 0.5) is 5.69 Å². The molecule has 0 saturated carbocycles. The Labute approximate surface area is 105 Å². The summed E-state index contributed by atoms with van der Waals surface area (Å²) in [5.41, 5.74) is 1.91. The molecule has 90 valence electrons. The highest BCUT2D eigenvalue weighted by molar-refractivity contribution is 6.32. The van der Waals surface area contributed by atoms with Gasteiger partial charge in [-0.2, -0.15) is 0 Å². The number of nitrogens with one attached hydrogen (secondary N) is 1. The average Bonchev–Trinajstić information content (AvgIpc) is 2.98. The molecule has 1 fully saturated rings. The van der Waals surface area contributed by atoms with E-state index in [1.807, 2.05) is 11.0 Å². The molecule has 0 aliphatic carbocycles. The Morgan fingerprint density at radius 2 is 2.24 bits per heavy atom. The molecule has 2 aliphatic heterocycles. The zero-order valence-corrected chi connectivity index (χ0v) is 10.2. The zero-order valence-electron chi connectivity index (χ0n) is 9.45. The number of rotatable bonds is 1. The van der Waals surface area contributed by atoms with Gasteiger partial charge in [0.25, 0.3) is 0 Å². The Kier molecular flexibility index (Phi) is 2.67. The van der Waals surface area contributed by atoms with E-state index in [1.54, 1.807) is 6.20 Å². The first-order valence-electron chi connectivity index (χ1n) is 5.94. The fourth-order valence-corrected chi connectivity index (χ4v) is 2.78. The zero-order chi connectivity index (χ0) is 11.8. The molecule has 1 atom stereocenters. The molecule has 5 heteroatoms. The number of fused-ring (bicyclic) bond motifs is 1. The van der Waals surface area contributed by atoms with E-state index in [0.29, 0.717) is 11.6 Å². The molecule has 3 rings (SSSR count). The monoisotopic (exact) mass is 251 g/mol. The fourth-order valence-electron chi connectivity index (χ4n) is 2.55. The van der Waals surface area contributed by atoms with Crippen LogP contribution in [0.25, 0.3) is 0 Å². The number of likely N-dealkylation sites (tertiary alicyclic amines) is 1. The van der Waals surface area contributed by atoms with Gasteiger partial charge in [0.15, 0.2) is 5.15 Å². The molecule has 0 bridgehead atoms. The lowest BCUT2D eigenvalue weighted by atomic mass is 10.1. The van der Waals surface area contributed by atoms with Crippen LogP contribution in [-0.4, -0.2) is 34.9 Å². The largest absolute Gasteiger partial charge is 0.371 e. The summed E-state index contributed by atoms with van der Waals surface area (Å²) < 4.78 is 0. The molecule has 4 nitrogen and oxygen atoms in total. The molecule has 0 radical (unpaired) electrons. The minimum atomic E-state index is -0.162. The van der Waals surface area contributed by atoms with Crippen molar-refractivity contribution in [1.82, 2.24) is 9.88 Å². The SMILES string of the molecule is O=C(C1Cc2ccnc(Cl)c2N1)N1CCCC1. The number of aromatic nitrogens is 1. The maximum atomic E-state index is 12.2.